The van der Waals surface area contributed by atoms with E-state index in [0.29, 0.717) is 11.9 Å². The molecule has 1 aliphatic rings. The Morgan fingerprint density at radius 1 is 1.53 bits per heavy atom. The van der Waals surface area contributed by atoms with Gasteiger partial charge in [-0.3, -0.25) is 0 Å². The molecule has 0 saturated carbocycles. The summed E-state index contributed by atoms with van der Waals surface area (Å²) in [5.74, 6) is 4.63. The molecule has 2 heterocycles. The van der Waals surface area contributed by atoms with Crippen molar-refractivity contribution in [3.05, 3.63) is 24.0 Å². The van der Waals surface area contributed by atoms with Crippen molar-refractivity contribution in [3.63, 3.8) is 0 Å². The first-order chi connectivity index (χ1) is 9.35. The first-order valence-electron chi connectivity index (χ1n) is 6.52. The van der Waals surface area contributed by atoms with E-state index in [4.69, 9.17) is 16.3 Å². The molecule has 3 nitrogen and oxygen atoms in total. The number of benzene rings is 1. The summed E-state index contributed by atoms with van der Waals surface area (Å²) in [7, 11) is 1.69. The molecule has 2 aromatic rings. The number of fused-ring (bicyclic) bond motifs is 1. The van der Waals surface area contributed by atoms with Gasteiger partial charge in [0.25, 0.3) is 0 Å². The van der Waals surface area contributed by atoms with Crippen molar-refractivity contribution >= 4 is 34.4 Å². The zero-order valence-electron chi connectivity index (χ0n) is 10.9. The number of hydrogen-bond donors (Lipinski definition) is 0. The van der Waals surface area contributed by atoms with Gasteiger partial charge in [0.2, 0.25) is 0 Å². The second-order valence-electron chi connectivity index (χ2n) is 4.73. The summed E-state index contributed by atoms with van der Waals surface area (Å²) in [6, 6.07) is 6.59. The van der Waals surface area contributed by atoms with E-state index in [2.05, 4.69) is 15.6 Å². The fraction of sp³-hybridized carbons (Fsp3) is 0.500. The Balaban J connectivity index is 2.15. The highest BCUT2D eigenvalue weighted by molar-refractivity contribution is 7.99. The summed E-state index contributed by atoms with van der Waals surface area (Å²) in [5, 5.41) is 0. The molecule has 19 heavy (non-hydrogen) atoms. The maximum Gasteiger partial charge on any atom is 0.146 e. The highest BCUT2D eigenvalue weighted by atomic mass is 35.5. The van der Waals surface area contributed by atoms with E-state index in [1.807, 2.05) is 23.9 Å². The first-order valence-corrected chi connectivity index (χ1v) is 8.21. The highest BCUT2D eigenvalue weighted by Crippen LogP contribution is 2.34. The number of nitrogens with zero attached hydrogens (tertiary/aromatic N) is 2. The predicted molar refractivity (Wildman–Crippen MR) is 81.4 cm³/mol. The van der Waals surface area contributed by atoms with Crippen LogP contribution in [0.15, 0.2) is 18.2 Å². The van der Waals surface area contributed by atoms with Gasteiger partial charge in [-0.2, -0.15) is 11.8 Å². The number of para-hydroxylation sites is 1. The lowest BCUT2D eigenvalue weighted by Crippen LogP contribution is -2.17. The number of halogens is 1. The number of rotatable bonds is 3. The molecule has 1 aromatic carbocycles. The van der Waals surface area contributed by atoms with Gasteiger partial charge in [0.15, 0.2) is 0 Å². The second kappa shape index (κ2) is 5.63. The van der Waals surface area contributed by atoms with Crippen LogP contribution in [0.25, 0.3) is 11.0 Å². The fourth-order valence-electron chi connectivity index (χ4n) is 2.73. The van der Waals surface area contributed by atoms with Crippen LogP contribution in [0.5, 0.6) is 5.75 Å². The zero-order chi connectivity index (χ0) is 13.2. The molecule has 5 heteroatoms. The quantitative estimate of drug-likeness (QED) is 0.805. The third-order valence-electron chi connectivity index (χ3n) is 3.60. The minimum absolute atomic E-state index is 0.443. The number of imidazole rings is 1. The van der Waals surface area contributed by atoms with Gasteiger partial charge in [-0.15, -0.1) is 11.6 Å². The molecule has 0 aliphatic carbocycles. The summed E-state index contributed by atoms with van der Waals surface area (Å²) in [6.45, 7) is 0. The smallest absolute Gasteiger partial charge is 0.146 e. The Morgan fingerprint density at radius 2 is 2.42 bits per heavy atom. The molecule has 1 aliphatic heterocycles. The normalized spacial score (nSPS) is 19.8. The van der Waals surface area contributed by atoms with Crippen LogP contribution in [0.1, 0.15) is 24.7 Å². The average molecular weight is 297 g/mol. The Hall–Kier alpha value is -0.870. The number of thioether (sulfide) groups is 1. The van der Waals surface area contributed by atoms with Crippen LogP contribution in [-0.4, -0.2) is 28.2 Å². The molecule has 0 amide bonds. The molecule has 102 valence electrons. The molecular weight excluding hydrogens is 280 g/mol. The van der Waals surface area contributed by atoms with Gasteiger partial charge in [0, 0.05) is 11.8 Å². The standard InChI is InChI=1S/C14H17ClN2OS/c1-18-12-6-2-5-11-14(12)16-13(8-15)17(11)10-4-3-7-19-9-10/h2,5-6,10H,3-4,7-9H2,1H3. The largest absolute Gasteiger partial charge is 0.494 e. The minimum Gasteiger partial charge on any atom is -0.494 e. The highest BCUT2D eigenvalue weighted by Gasteiger charge is 2.22. The topological polar surface area (TPSA) is 27.1 Å². The molecule has 0 radical (unpaired) electrons. The van der Waals surface area contributed by atoms with Crippen LogP contribution >= 0.6 is 23.4 Å². The van der Waals surface area contributed by atoms with E-state index < -0.39 is 0 Å². The van der Waals surface area contributed by atoms with Crippen LogP contribution < -0.4 is 4.74 Å². The van der Waals surface area contributed by atoms with Gasteiger partial charge in [-0.1, -0.05) is 6.07 Å². The van der Waals surface area contributed by atoms with Gasteiger partial charge < -0.3 is 9.30 Å². The van der Waals surface area contributed by atoms with Crippen LogP contribution in [0.4, 0.5) is 0 Å². The van der Waals surface area contributed by atoms with Crippen LogP contribution in [0.3, 0.4) is 0 Å². The summed E-state index contributed by atoms with van der Waals surface area (Å²) in [5.41, 5.74) is 2.07. The van der Waals surface area contributed by atoms with Crippen molar-refractivity contribution in [2.75, 3.05) is 18.6 Å². The van der Waals surface area contributed by atoms with E-state index in [-0.39, 0.29) is 0 Å². The first kappa shape index (κ1) is 13.1. The molecule has 1 atom stereocenters. The molecule has 1 aromatic heterocycles. The number of aromatic nitrogens is 2. The average Bonchev–Trinajstić information content (AvgIpc) is 2.86. The Labute approximate surface area is 122 Å². The monoisotopic (exact) mass is 296 g/mol. The van der Waals surface area contributed by atoms with Gasteiger partial charge in [-0.25, -0.2) is 4.98 Å². The van der Waals surface area contributed by atoms with E-state index in [1.165, 1.54) is 18.6 Å². The Morgan fingerprint density at radius 3 is 3.11 bits per heavy atom. The molecule has 1 saturated heterocycles. The zero-order valence-corrected chi connectivity index (χ0v) is 12.5. The van der Waals surface area contributed by atoms with Crippen molar-refractivity contribution in [3.8, 4) is 5.75 Å². The number of hydrogen-bond acceptors (Lipinski definition) is 3. The van der Waals surface area contributed by atoms with E-state index in [0.717, 1.165) is 28.4 Å². The molecule has 0 N–H and O–H groups in total. The molecule has 0 spiro atoms. The van der Waals surface area contributed by atoms with Gasteiger partial charge in [-0.05, 0) is 30.7 Å². The summed E-state index contributed by atoms with van der Waals surface area (Å²) in [6.07, 6.45) is 2.47. The second-order valence-corrected chi connectivity index (χ2v) is 6.15. The minimum atomic E-state index is 0.443. The van der Waals surface area contributed by atoms with E-state index >= 15 is 0 Å². The lowest BCUT2D eigenvalue weighted by atomic mass is 10.1. The molecule has 0 bridgehead atoms. The Kier molecular flexibility index (Phi) is 3.89. The van der Waals surface area contributed by atoms with Crippen molar-refractivity contribution in [1.82, 2.24) is 9.55 Å². The van der Waals surface area contributed by atoms with Crippen LogP contribution in [0, 0.1) is 0 Å². The summed E-state index contributed by atoms with van der Waals surface area (Å²) >= 11 is 8.10. The summed E-state index contributed by atoms with van der Waals surface area (Å²) < 4.78 is 7.72. The molecular formula is C14H17ClN2OS. The van der Waals surface area contributed by atoms with Crippen molar-refractivity contribution < 1.29 is 4.74 Å². The lowest BCUT2D eigenvalue weighted by Gasteiger charge is -2.25. The van der Waals surface area contributed by atoms with Crippen molar-refractivity contribution in [1.29, 1.82) is 0 Å². The van der Waals surface area contributed by atoms with Crippen molar-refractivity contribution in [2.24, 2.45) is 0 Å². The molecule has 1 fully saturated rings. The van der Waals surface area contributed by atoms with E-state index in [1.54, 1.807) is 7.11 Å². The number of alkyl halides is 1. The number of methoxy groups -OCH3 is 1. The lowest BCUT2D eigenvalue weighted by molar-refractivity contribution is 0.419. The van der Waals surface area contributed by atoms with Gasteiger partial charge >= 0.3 is 0 Å². The van der Waals surface area contributed by atoms with Crippen LogP contribution in [0.2, 0.25) is 0 Å². The fourth-order valence-corrected chi connectivity index (χ4v) is 4.05. The van der Waals surface area contributed by atoms with Gasteiger partial charge in [0.05, 0.1) is 18.5 Å². The Bertz CT molecular complexity index is 578. The third kappa shape index (κ3) is 2.32. The molecule has 3 rings (SSSR count). The maximum absolute atomic E-state index is 6.09. The van der Waals surface area contributed by atoms with E-state index in [9.17, 15) is 0 Å². The van der Waals surface area contributed by atoms with Crippen LogP contribution in [-0.2, 0) is 5.88 Å². The van der Waals surface area contributed by atoms with Gasteiger partial charge in [0.1, 0.15) is 17.1 Å². The number of ether oxygens (including phenoxy) is 1. The maximum atomic E-state index is 6.09. The van der Waals surface area contributed by atoms with Crippen molar-refractivity contribution in [2.45, 2.75) is 24.8 Å². The SMILES string of the molecule is COc1cccc2c1nc(CCl)n2C1CCCSC1. The summed E-state index contributed by atoms with van der Waals surface area (Å²) in [4.78, 5) is 4.67. The molecule has 1 unspecified atom stereocenters. The third-order valence-corrected chi connectivity index (χ3v) is 5.03. The predicted octanol–water partition coefficient (Wildman–Crippen LogP) is 3.85.